The van der Waals surface area contributed by atoms with Crippen LogP contribution < -0.4 is 9.47 Å². The Morgan fingerprint density at radius 2 is 1.87 bits per heavy atom. The van der Waals surface area contributed by atoms with Gasteiger partial charge in [-0.15, -0.1) is 10.2 Å². The number of aromatic nitrogens is 4. The number of tetrazole rings is 1. The van der Waals surface area contributed by atoms with Gasteiger partial charge in [-0.3, -0.25) is 0 Å². The molecule has 2 aromatic carbocycles. The van der Waals surface area contributed by atoms with Gasteiger partial charge in [0.15, 0.2) is 11.5 Å². The summed E-state index contributed by atoms with van der Waals surface area (Å²) < 4.78 is 11.6. The maximum Gasteiger partial charge on any atom is 0.205 e. The van der Waals surface area contributed by atoms with Crippen LogP contribution in [0.2, 0.25) is 0 Å². The lowest BCUT2D eigenvalue weighted by Gasteiger charge is -2.07. The highest BCUT2D eigenvalue weighted by molar-refractivity contribution is 9.10. The maximum atomic E-state index is 5.30. The Labute approximate surface area is 142 Å². The molecule has 1 aromatic heterocycles. The summed E-state index contributed by atoms with van der Waals surface area (Å²) in [4.78, 5) is 1.56. The summed E-state index contributed by atoms with van der Waals surface area (Å²) in [6, 6.07) is 13.5. The summed E-state index contributed by atoms with van der Waals surface area (Å²) in [5, 5.41) is 12.6. The zero-order valence-corrected chi connectivity index (χ0v) is 14.3. The van der Waals surface area contributed by atoms with Gasteiger partial charge in [0.05, 0.1) is 20.8 Å². The first kappa shape index (κ1) is 15.5. The third-order valence-corrected chi connectivity index (χ3v) is 3.80. The Balaban J connectivity index is 1.84. The molecule has 0 aliphatic carbocycles. The first-order valence-corrected chi connectivity index (χ1v) is 7.73. The summed E-state index contributed by atoms with van der Waals surface area (Å²) in [5.41, 5.74) is 1.92. The van der Waals surface area contributed by atoms with Gasteiger partial charge in [-0.2, -0.15) is 4.80 Å². The van der Waals surface area contributed by atoms with E-state index >= 15 is 0 Å². The normalized spacial score (nSPS) is 10.6. The second kappa shape index (κ2) is 6.78. The van der Waals surface area contributed by atoms with Crippen LogP contribution in [0.25, 0.3) is 11.4 Å². The summed E-state index contributed by atoms with van der Waals surface area (Å²) in [6.07, 6.45) is 0. The molecular weight excluding hydrogens is 360 g/mol. The molecule has 0 bridgehead atoms. The number of methoxy groups -OCH3 is 2. The van der Waals surface area contributed by atoms with Gasteiger partial charge >= 0.3 is 0 Å². The molecule has 0 aliphatic rings. The van der Waals surface area contributed by atoms with Crippen molar-refractivity contribution in [2.24, 2.45) is 0 Å². The Bertz CT molecular complexity index is 819. The monoisotopic (exact) mass is 374 g/mol. The van der Waals surface area contributed by atoms with E-state index in [0.29, 0.717) is 23.9 Å². The zero-order chi connectivity index (χ0) is 16.2. The second-order valence-electron chi connectivity index (χ2n) is 4.84. The predicted molar refractivity (Wildman–Crippen MR) is 89.6 cm³/mol. The number of hydrogen-bond donors (Lipinski definition) is 0. The maximum absolute atomic E-state index is 5.30. The smallest absolute Gasteiger partial charge is 0.205 e. The van der Waals surface area contributed by atoms with Crippen LogP contribution in [0, 0.1) is 0 Å². The molecule has 0 fully saturated rings. The summed E-state index contributed by atoms with van der Waals surface area (Å²) in [6.45, 7) is 0.555. The average molecular weight is 375 g/mol. The molecule has 0 aliphatic heterocycles. The van der Waals surface area contributed by atoms with Crippen molar-refractivity contribution in [3.8, 4) is 22.9 Å². The molecule has 0 N–H and O–H groups in total. The van der Waals surface area contributed by atoms with Crippen molar-refractivity contribution in [1.82, 2.24) is 20.2 Å². The second-order valence-corrected chi connectivity index (χ2v) is 5.76. The quantitative estimate of drug-likeness (QED) is 0.686. The molecule has 1 heterocycles. The standard InChI is InChI=1S/C16H15BrN4O2/c1-22-14-7-6-12(9-15(14)23-2)16-18-20-21(19-16)10-11-4-3-5-13(17)8-11/h3-9H,10H2,1-2H3. The summed E-state index contributed by atoms with van der Waals surface area (Å²) in [7, 11) is 3.20. The van der Waals surface area contributed by atoms with E-state index in [2.05, 4.69) is 31.3 Å². The van der Waals surface area contributed by atoms with Crippen molar-refractivity contribution in [1.29, 1.82) is 0 Å². The Hall–Kier alpha value is -2.41. The van der Waals surface area contributed by atoms with Crippen molar-refractivity contribution >= 4 is 15.9 Å². The molecule has 0 radical (unpaired) electrons. The van der Waals surface area contributed by atoms with Crippen LogP contribution in [0.4, 0.5) is 0 Å². The van der Waals surface area contributed by atoms with E-state index in [1.165, 1.54) is 0 Å². The van der Waals surface area contributed by atoms with Gasteiger partial charge in [-0.1, -0.05) is 28.1 Å². The molecule has 0 saturated heterocycles. The van der Waals surface area contributed by atoms with Crippen LogP contribution in [0.1, 0.15) is 5.56 Å². The van der Waals surface area contributed by atoms with Crippen LogP contribution >= 0.6 is 15.9 Å². The minimum absolute atomic E-state index is 0.543. The van der Waals surface area contributed by atoms with E-state index in [9.17, 15) is 0 Å². The van der Waals surface area contributed by atoms with E-state index in [1.807, 2.05) is 42.5 Å². The lowest BCUT2D eigenvalue weighted by molar-refractivity contribution is 0.355. The fourth-order valence-electron chi connectivity index (χ4n) is 2.20. The van der Waals surface area contributed by atoms with Crippen molar-refractivity contribution in [3.63, 3.8) is 0 Å². The summed E-state index contributed by atoms with van der Waals surface area (Å²) >= 11 is 3.46. The number of benzene rings is 2. The number of rotatable bonds is 5. The van der Waals surface area contributed by atoms with Crippen LogP contribution in [0.3, 0.4) is 0 Å². The van der Waals surface area contributed by atoms with Crippen LogP contribution in [0.5, 0.6) is 11.5 Å². The highest BCUT2D eigenvalue weighted by Gasteiger charge is 2.11. The fourth-order valence-corrected chi connectivity index (χ4v) is 2.65. The van der Waals surface area contributed by atoms with Crippen molar-refractivity contribution in [2.75, 3.05) is 14.2 Å². The summed E-state index contributed by atoms with van der Waals surface area (Å²) in [5.74, 6) is 1.84. The van der Waals surface area contributed by atoms with Crippen LogP contribution in [-0.2, 0) is 6.54 Å². The Morgan fingerprint density at radius 3 is 2.61 bits per heavy atom. The molecule has 23 heavy (non-hydrogen) atoms. The Kier molecular flexibility index (Phi) is 4.57. The molecule has 7 heteroatoms. The highest BCUT2D eigenvalue weighted by Crippen LogP contribution is 2.30. The molecule has 0 atom stereocenters. The highest BCUT2D eigenvalue weighted by atomic mass is 79.9. The molecule has 0 saturated carbocycles. The Morgan fingerprint density at radius 1 is 1.04 bits per heavy atom. The molecule has 0 unspecified atom stereocenters. The van der Waals surface area contributed by atoms with E-state index < -0.39 is 0 Å². The van der Waals surface area contributed by atoms with Crippen LogP contribution in [0.15, 0.2) is 46.9 Å². The van der Waals surface area contributed by atoms with Crippen LogP contribution in [-0.4, -0.2) is 34.4 Å². The molecule has 118 valence electrons. The number of halogens is 1. The van der Waals surface area contributed by atoms with Gasteiger partial charge in [0, 0.05) is 10.0 Å². The fraction of sp³-hybridized carbons (Fsp3) is 0.188. The lowest BCUT2D eigenvalue weighted by Crippen LogP contribution is -2.03. The third kappa shape index (κ3) is 3.50. The minimum atomic E-state index is 0.543. The topological polar surface area (TPSA) is 62.1 Å². The first-order chi connectivity index (χ1) is 11.2. The van der Waals surface area contributed by atoms with E-state index in [4.69, 9.17) is 9.47 Å². The SMILES string of the molecule is COc1ccc(-c2nnn(Cc3cccc(Br)c3)n2)cc1OC. The minimum Gasteiger partial charge on any atom is -0.493 e. The molecule has 3 aromatic rings. The van der Waals surface area contributed by atoms with Gasteiger partial charge < -0.3 is 9.47 Å². The molecule has 0 spiro atoms. The van der Waals surface area contributed by atoms with E-state index in [0.717, 1.165) is 15.6 Å². The molecular formula is C16H15BrN4O2. The molecule has 0 amide bonds. The number of hydrogen-bond acceptors (Lipinski definition) is 5. The van der Waals surface area contributed by atoms with E-state index in [1.54, 1.807) is 19.0 Å². The van der Waals surface area contributed by atoms with Gasteiger partial charge in [0.25, 0.3) is 0 Å². The molecule has 3 rings (SSSR count). The van der Waals surface area contributed by atoms with Gasteiger partial charge in [0.1, 0.15) is 0 Å². The first-order valence-electron chi connectivity index (χ1n) is 6.94. The van der Waals surface area contributed by atoms with Gasteiger partial charge in [-0.25, -0.2) is 0 Å². The third-order valence-electron chi connectivity index (χ3n) is 3.31. The van der Waals surface area contributed by atoms with Crippen molar-refractivity contribution in [3.05, 3.63) is 52.5 Å². The predicted octanol–water partition coefficient (Wildman–Crippen LogP) is 3.17. The van der Waals surface area contributed by atoms with Gasteiger partial charge in [0.2, 0.25) is 5.82 Å². The number of nitrogens with zero attached hydrogens (tertiary/aromatic N) is 4. The average Bonchev–Trinajstić information content (AvgIpc) is 3.02. The lowest BCUT2D eigenvalue weighted by atomic mass is 10.2. The van der Waals surface area contributed by atoms with Crippen molar-refractivity contribution in [2.45, 2.75) is 6.54 Å². The van der Waals surface area contributed by atoms with E-state index in [-0.39, 0.29) is 0 Å². The largest absolute Gasteiger partial charge is 0.493 e. The van der Waals surface area contributed by atoms with Gasteiger partial charge in [-0.05, 0) is 41.1 Å². The molecule has 6 nitrogen and oxygen atoms in total. The van der Waals surface area contributed by atoms with Crippen molar-refractivity contribution < 1.29 is 9.47 Å². The zero-order valence-electron chi connectivity index (χ0n) is 12.7. The number of ether oxygens (including phenoxy) is 2.